The summed E-state index contributed by atoms with van der Waals surface area (Å²) in [6.45, 7) is 3.85. The van der Waals surface area contributed by atoms with Crippen molar-refractivity contribution in [3.8, 4) is 22.6 Å². The molecule has 0 unspecified atom stereocenters. The fourth-order valence-electron chi connectivity index (χ4n) is 4.33. The Bertz CT molecular complexity index is 1390. The van der Waals surface area contributed by atoms with E-state index in [2.05, 4.69) is 20.5 Å². The normalized spacial score (nSPS) is 14.4. The standard InChI is InChI=1S/C22H19F4N5O/c1-9-8-27-18-12(9)5-11(23)6-13(18)16-15(32-21(25)26)7-14-19(17(16)24)31-10(2)29-30-20(31)22(3,4)28-14/h5-8,21,27-28H,1-4H3. The van der Waals surface area contributed by atoms with Crippen LogP contribution >= 0.6 is 0 Å². The monoisotopic (exact) mass is 445 g/mol. The van der Waals surface area contributed by atoms with E-state index in [9.17, 15) is 13.2 Å². The van der Waals surface area contributed by atoms with E-state index >= 15 is 4.39 Å². The number of H-pyrrole nitrogens is 1. The number of aromatic nitrogens is 4. The van der Waals surface area contributed by atoms with Crippen molar-refractivity contribution in [1.82, 2.24) is 19.7 Å². The molecule has 0 spiro atoms. The molecule has 1 aliphatic heterocycles. The van der Waals surface area contributed by atoms with Gasteiger partial charge in [-0.1, -0.05) is 0 Å². The Hall–Kier alpha value is -3.56. The summed E-state index contributed by atoms with van der Waals surface area (Å²) in [6, 6.07) is 3.71. The van der Waals surface area contributed by atoms with Gasteiger partial charge in [-0.3, -0.25) is 4.57 Å². The third kappa shape index (κ3) is 2.85. The highest BCUT2D eigenvalue weighted by atomic mass is 19.3. The van der Waals surface area contributed by atoms with Crippen LogP contribution in [-0.4, -0.2) is 26.4 Å². The molecule has 10 heteroatoms. The maximum atomic E-state index is 16.2. The molecule has 5 rings (SSSR count). The molecule has 0 fully saturated rings. The van der Waals surface area contributed by atoms with Crippen LogP contribution in [0.2, 0.25) is 0 Å². The maximum absolute atomic E-state index is 16.2. The van der Waals surface area contributed by atoms with Crippen LogP contribution < -0.4 is 10.1 Å². The van der Waals surface area contributed by atoms with E-state index in [1.807, 2.05) is 13.8 Å². The molecule has 2 aromatic carbocycles. The molecule has 0 bridgehead atoms. The highest BCUT2D eigenvalue weighted by Gasteiger charge is 2.38. The number of halogens is 4. The number of nitrogens with one attached hydrogen (secondary N) is 2. The molecular formula is C22H19F4N5O. The molecule has 0 saturated heterocycles. The molecule has 1 aliphatic rings. The summed E-state index contributed by atoms with van der Waals surface area (Å²) in [5, 5.41) is 11.9. The molecule has 0 amide bonds. The summed E-state index contributed by atoms with van der Waals surface area (Å²) in [5.41, 5.74) is 0.462. The Balaban J connectivity index is 1.89. The van der Waals surface area contributed by atoms with Crippen LogP contribution in [0.15, 0.2) is 24.4 Å². The van der Waals surface area contributed by atoms with Gasteiger partial charge in [-0.15, -0.1) is 10.2 Å². The fraction of sp³-hybridized carbons (Fsp3) is 0.273. The first kappa shape index (κ1) is 20.3. The maximum Gasteiger partial charge on any atom is 0.387 e. The fourth-order valence-corrected chi connectivity index (χ4v) is 4.33. The van der Waals surface area contributed by atoms with E-state index < -0.39 is 29.5 Å². The molecule has 6 nitrogen and oxygen atoms in total. The van der Waals surface area contributed by atoms with Crippen LogP contribution in [-0.2, 0) is 5.54 Å². The number of ether oxygens (including phenoxy) is 1. The molecule has 2 N–H and O–H groups in total. The van der Waals surface area contributed by atoms with Gasteiger partial charge in [0.1, 0.15) is 23.1 Å². The van der Waals surface area contributed by atoms with Gasteiger partial charge in [-0.25, -0.2) is 8.78 Å². The first-order chi connectivity index (χ1) is 15.1. The van der Waals surface area contributed by atoms with Crippen LogP contribution in [0.25, 0.3) is 27.7 Å². The van der Waals surface area contributed by atoms with E-state index in [1.165, 1.54) is 16.7 Å². The number of alkyl halides is 2. The number of fused-ring (bicyclic) bond motifs is 4. The van der Waals surface area contributed by atoms with Crippen LogP contribution in [0.1, 0.15) is 31.1 Å². The number of benzene rings is 2. The highest BCUT2D eigenvalue weighted by Crippen LogP contribution is 2.47. The second-order valence-corrected chi connectivity index (χ2v) is 8.34. The molecule has 32 heavy (non-hydrogen) atoms. The molecule has 0 radical (unpaired) electrons. The van der Waals surface area contributed by atoms with Crippen molar-refractivity contribution in [1.29, 1.82) is 0 Å². The number of aryl methyl sites for hydroxylation is 2. The van der Waals surface area contributed by atoms with Gasteiger partial charge in [-0.2, -0.15) is 8.78 Å². The molecule has 0 saturated carbocycles. The van der Waals surface area contributed by atoms with Crippen molar-refractivity contribution in [2.75, 3.05) is 5.32 Å². The third-order valence-electron chi connectivity index (χ3n) is 5.71. The predicted octanol–water partition coefficient (Wildman–Crippen LogP) is 5.57. The second kappa shape index (κ2) is 6.72. The first-order valence-corrected chi connectivity index (χ1v) is 9.88. The number of hydrogen-bond acceptors (Lipinski definition) is 4. The Labute approximate surface area is 180 Å². The van der Waals surface area contributed by atoms with E-state index in [1.54, 1.807) is 20.0 Å². The number of aromatic amines is 1. The summed E-state index contributed by atoms with van der Waals surface area (Å²) in [5.74, 6) is -1.02. The summed E-state index contributed by atoms with van der Waals surface area (Å²) in [6.07, 6.45) is 1.64. The number of hydrogen-bond donors (Lipinski definition) is 2. The summed E-state index contributed by atoms with van der Waals surface area (Å²) in [7, 11) is 0. The SMILES string of the molecule is Cc1c[nH]c2c(-c3c(OC(F)F)cc4c(c3F)-n3c(C)nnc3C(C)(C)N4)cc(F)cc12. The molecule has 2 aromatic heterocycles. The number of anilines is 1. The number of rotatable bonds is 3. The minimum absolute atomic E-state index is 0.0548. The molecular weight excluding hydrogens is 426 g/mol. The first-order valence-electron chi connectivity index (χ1n) is 9.88. The van der Waals surface area contributed by atoms with Crippen molar-refractivity contribution in [3.63, 3.8) is 0 Å². The Morgan fingerprint density at radius 2 is 1.84 bits per heavy atom. The minimum Gasteiger partial charge on any atom is -0.434 e. The topological polar surface area (TPSA) is 67.8 Å². The Morgan fingerprint density at radius 1 is 1.09 bits per heavy atom. The van der Waals surface area contributed by atoms with Gasteiger partial charge < -0.3 is 15.0 Å². The zero-order valence-corrected chi connectivity index (χ0v) is 17.6. The molecule has 0 atom stereocenters. The van der Waals surface area contributed by atoms with Crippen LogP contribution in [0.5, 0.6) is 5.75 Å². The van der Waals surface area contributed by atoms with E-state index in [0.717, 1.165) is 11.6 Å². The average Bonchev–Trinajstić information content (AvgIpc) is 3.25. The predicted molar refractivity (Wildman–Crippen MR) is 111 cm³/mol. The molecule has 166 valence electrons. The summed E-state index contributed by atoms with van der Waals surface area (Å²) < 4.78 is 63.6. The van der Waals surface area contributed by atoms with Gasteiger partial charge in [0.05, 0.1) is 22.3 Å². The highest BCUT2D eigenvalue weighted by molar-refractivity contribution is 5.99. The Morgan fingerprint density at radius 3 is 2.56 bits per heavy atom. The van der Waals surface area contributed by atoms with Crippen molar-refractivity contribution in [2.24, 2.45) is 0 Å². The van der Waals surface area contributed by atoms with Gasteiger partial charge in [0.15, 0.2) is 11.6 Å². The van der Waals surface area contributed by atoms with Crippen molar-refractivity contribution >= 4 is 16.6 Å². The third-order valence-corrected chi connectivity index (χ3v) is 5.71. The average molecular weight is 445 g/mol. The second-order valence-electron chi connectivity index (χ2n) is 8.34. The van der Waals surface area contributed by atoms with Gasteiger partial charge in [0.25, 0.3) is 0 Å². The zero-order chi connectivity index (χ0) is 22.9. The smallest absolute Gasteiger partial charge is 0.387 e. The largest absolute Gasteiger partial charge is 0.434 e. The van der Waals surface area contributed by atoms with Crippen LogP contribution in [0.3, 0.4) is 0 Å². The van der Waals surface area contributed by atoms with E-state index in [0.29, 0.717) is 22.6 Å². The van der Waals surface area contributed by atoms with Gasteiger partial charge >= 0.3 is 6.61 Å². The van der Waals surface area contributed by atoms with Crippen molar-refractivity contribution in [3.05, 3.63) is 53.2 Å². The summed E-state index contributed by atoms with van der Waals surface area (Å²) in [4.78, 5) is 2.99. The van der Waals surface area contributed by atoms with Crippen molar-refractivity contribution < 1.29 is 22.3 Å². The molecule has 0 aliphatic carbocycles. The van der Waals surface area contributed by atoms with Gasteiger partial charge in [0, 0.05) is 23.2 Å². The van der Waals surface area contributed by atoms with Gasteiger partial charge in [0.2, 0.25) is 0 Å². The lowest BCUT2D eigenvalue weighted by Crippen LogP contribution is -2.36. The Kier molecular flexibility index (Phi) is 4.27. The molecule has 4 aromatic rings. The lowest BCUT2D eigenvalue weighted by atomic mass is 9.95. The molecule has 3 heterocycles. The lowest BCUT2D eigenvalue weighted by Gasteiger charge is -2.34. The van der Waals surface area contributed by atoms with E-state index in [4.69, 9.17) is 4.74 Å². The quantitative estimate of drug-likeness (QED) is 0.405. The van der Waals surface area contributed by atoms with Crippen molar-refractivity contribution in [2.45, 2.75) is 39.8 Å². The van der Waals surface area contributed by atoms with Gasteiger partial charge in [-0.05, 0) is 45.4 Å². The van der Waals surface area contributed by atoms with E-state index in [-0.39, 0.29) is 22.5 Å². The number of nitrogens with zero attached hydrogens (tertiary/aromatic N) is 3. The summed E-state index contributed by atoms with van der Waals surface area (Å²) >= 11 is 0. The lowest BCUT2D eigenvalue weighted by molar-refractivity contribution is -0.0495. The zero-order valence-electron chi connectivity index (χ0n) is 17.6. The minimum atomic E-state index is -3.20. The van der Waals surface area contributed by atoms with Crippen LogP contribution in [0.4, 0.5) is 23.2 Å². The van der Waals surface area contributed by atoms with Crippen LogP contribution in [0, 0.1) is 25.5 Å².